The zero-order valence-corrected chi connectivity index (χ0v) is 17.8. The van der Waals surface area contributed by atoms with Gasteiger partial charge in [0.05, 0.1) is 4.90 Å². The van der Waals surface area contributed by atoms with E-state index in [0.29, 0.717) is 24.5 Å². The van der Waals surface area contributed by atoms with Crippen LogP contribution in [0.2, 0.25) is 0 Å². The highest BCUT2D eigenvalue weighted by Crippen LogP contribution is 2.35. The van der Waals surface area contributed by atoms with Gasteiger partial charge >= 0.3 is 0 Å². The van der Waals surface area contributed by atoms with Crippen molar-refractivity contribution in [3.63, 3.8) is 0 Å². The summed E-state index contributed by atoms with van der Waals surface area (Å²) in [6, 6.07) is 11.9. The molecule has 0 aliphatic carbocycles. The molecule has 0 aromatic heterocycles. The molecule has 2 aromatic rings. The standard InChI is InChI=1S/C21H25N3O5S/c1-23(2)18(15-5-10-19-20(12-15)29-14-28-19)13-22-30(26,27)17-8-6-16(7-9-17)24-11-3-4-21(24)25/h5-10,12,18,22H,3-4,11,13-14H2,1-2H3. The number of likely N-dealkylation sites (N-methyl/N-ethyl adjacent to an activating group) is 1. The van der Waals surface area contributed by atoms with Crippen LogP contribution in [0.25, 0.3) is 0 Å². The van der Waals surface area contributed by atoms with E-state index in [9.17, 15) is 13.2 Å². The molecule has 9 heteroatoms. The maximum absolute atomic E-state index is 12.8. The number of rotatable bonds is 7. The van der Waals surface area contributed by atoms with Gasteiger partial charge in [0.2, 0.25) is 22.7 Å². The summed E-state index contributed by atoms with van der Waals surface area (Å²) < 4.78 is 39.1. The molecular weight excluding hydrogens is 406 g/mol. The van der Waals surface area contributed by atoms with E-state index in [0.717, 1.165) is 17.7 Å². The highest BCUT2D eigenvalue weighted by atomic mass is 32.2. The van der Waals surface area contributed by atoms with Gasteiger partial charge in [0, 0.05) is 31.2 Å². The lowest BCUT2D eigenvalue weighted by Crippen LogP contribution is -2.34. The Bertz CT molecular complexity index is 1040. The number of hydrogen-bond donors (Lipinski definition) is 1. The molecule has 4 rings (SSSR count). The number of anilines is 1. The number of sulfonamides is 1. The minimum absolute atomic E-state index is 0.0706. The van der Waals surface area contributed by atoms with Crippen LogP contribution in [0.3, 0.4) is 0 Å². The SMILES string of the molecule is CN(C)C(CNS(=O)(=O)c1ccc(N2CCCC2=O)cc1)c1ccc2c(c1)OCO2. The number of carbonyl (C=O) groups excluding carboxylic acids is 1. The summed E-state index contributed by atoms with van der Waals surface area (Å²) >= 11 is 0. The second kappa shape index (κ2) is 8.25. The predicted octanol–water partition coefficient (Wildman–Crippen LogP) is 2.12. The van der Waals surface area contributed by atoms with Crippen LogP contribution in [0.5, 0.6) is 11.5 Å². The lowest BCUT2D eigenvalue weighted by molar-refractivity contribution is -0.117. The van der Waals surface area contributed by atoms with E-state index in [-0.39, 0.29) is 30.2 Å². The first-order valence-corrected chi connectivity index (χ1v) is 11.3. The summed E-state index contributed by atoms with van der Waals surface area (Å²) in [4.78, 5) is 15.7. The van der Waals surface area contributed by atoms with E-state index in [1.165, 1.54) is 12.1 Å². The van der Waals surface area contributed by atoms with Crippen molar-refractivity contribution in [3.05, 3.63) is 48.0 Å². The smallest absolute Gasteiger partial charge is 0.240 e. The second-order valence-corrected chi connectivity index (χ2v) is 9.35. The number of hydrogen-bond acceptors (Lipinski definition) is 6. The van der Waals surface area contributed by atoms with Crippen molar-refractivity contribution in [1.29, 1.82) is 0 Å². The van der Waals surface area contributed by atoms with Crippen LogP contribution < -0.4 is 19.1 Å². The van der Waals surface area contributed by atoms with E-state index in [2.05, 4.69) is 4.72 Å². The summed E-state index contributed by atoms with van der Waals surface area (Å²) in [6.07, 6.45) is 1.36. The number of benzene rings is 2. The van der Waals surface area contributed by atoms with E-state index >= 15 is 0 Å². The van der Waals surface area contributed by atoms with Gasteiger partial charge in [0.15, 0.2) is 11.5 Å². The molecule has 0 bridgehead atoms. The predicted molar refractivity (Wildman–Crippen MR) is 112 cm³/mol. The Kier molecular flexibility index (Phi) is 5.68. The first-order valence-electron chi connectivity index (χ1n) is 9.81. The maximum atomic E-state index is 12.8. The van der Waals surface area contributed by atoms with Gasteiger partial charge in [-0.2, -0.15) is 0 Å². The summed E-state index contributed by atoms with van der Waals surface area (Å²) in [6.45, 7) is 1.06. The molecule has 1 saturated heterocycles. The number of fused-ring (bicyclic) bond motifs is 1. The highest BCUT2D eigenvalue weighted by Gasteiger charge is 2.24. The van der Waals surface area contributed by atoms with Gasteiger partial charge in [-0.05, 0) is 62.5 Å². The molecule has 1 fully saturated rings. The Balaban J connectivity index is 1.47. The fraction of sp³-hybridized carbons (Fsp3) is 0.381. The average Bonchev–Trinajstić information content (AvgIpc) is 3.36. The third-order valence-corrected chi connectivity index (χ3v) is 6.84. The normalized spacial score (nSPS) is 17.0. The van der Waals surface area contributed by atoms with Crippen molar-refractivity contribution in [2.75, 3.05) is 38.9 Å². The van der Waals surface area contributed by atoms with Crippen LogP contribution in [0.15, 0.2) is 47.4 Å². The lowest BCUT2D eigenvalue weighted by Gasteiger charge is -2.25. The molecule has 1 N–H and O–H groups in total. The molecule has 8 nitrogen and oxygen atoms in total. The van der Waals surface area contributed by atoms with E-state index in [4.69, 9.17) is 9.47 Å². The number of carbonyl (C=O) groups is 1. The lowest BCUT2D eigenvalue weighted by atomic mass is 10.1. The van der Waals surface area contributed by atoms with Gasteiger partial charge in [-0.25, -0.2) is 13.1 Å². The average molecular weight is 432 g/mol. The van der Waals surface area contributed by atoms with E-state index < -0.39 is 10.0 Å². The topological polar surface area (TPSA) is 88.2 Å². The number of nitrogens with zero attached hydrogens (tertiary/aromatic N) is 2. The largest absolute Gasteiger partial charge is 0.454 e. The second-order valence-electron chi connectivity index (χ2n) is 7.59. The van der Waals surface area contributed by atoms with Gasteiger partial charge in [-0.15, -0.1) is 0 Å². The fourth-order valence-corrected chi connectivity index (χ4v) is 4.76. The van der Waals surface area contributed by atoms with Crippen LogP contribution in [-0.4, -0.2) is 53.2 Å². The number of amides is 1. The molecule has 30 heavy (non-hydrogen) atoms. The Morgan fingerprint density at radius 2 is 1.83 bits per heavy atom. The van der Waals surface area contributed by atoms with Crippen LogP contribution >= 0.6 is 0 Å². The molecule has 1 amide bonds. The summed E-state index contributed by atoms with van der Waals surface area (Å²) in [7, 11) is 0.0903. The molecule has 160 valence electrons. The Morgan fingerprint density at radius 3 is 2.50 bits per heavy atom. The van der Waals surface area contributed by atoms with E-state index in [1.807, 2.05) is 37.2 Å². The van der Waals surface area contributed by atoms with Crippen LogP contribution in [0, 0.1) is 0 Å². The van der Waals surface area contributed by atoms with Gasteiger partial charge in [0.25, 0.3) is 0 Å². The number of ether oxygens (including phenoxy) is 2. The van der Waals surface area contributed by atoms with Crippen molar-refractivity contribution in [2.24, 2.45) is 0 Å². The van der Waals surface area contributed by atoms with Gasteiger partial charge in [-0.1, -0.05) is 6.07 Å². The zero-order valence-electron chi connectivity index (χ0n) is 17.0. The van der Waals surface area contributed by atoms with Crippen LogP contribution in [0.1, 0.15) is 24.4 Å². The van der Waals surface area contributed by atoms with Crippen molar-refractivity contribution in [1.82, 2.24) is 9.62 Å². The fourth-order valence-electron chi connectivity index (χ4n) is 3.72. The Morgan fingerprint density at radius 1 is 1.10 bits per heavy atom. The Hall–Kier alpha value is -2.62. The minimum Gasteiger partial charge on any atom is -0.454 e. The third-order valence-electron chi connectivity index (χ3n) is 5.40. The Labute approximate surface area is 176 Å². The first-order chi connectivity index (χ1) is 14.3. The maximum Gasteiger partial charge on any atom is 0.240 e. The van der Waals surface area contributed by atoms with E-state index in [1.54, 1.807) is 17.0 Å². The molecule has 2 heterocycles. The van der Waals surface area contributed by atoms with Crippen LogP contribution in [0.4, 0.5) is 5.69 Å². The van der Waals surface area contributed by atoms with Gasteiger partial charge in [0.1, 0.15) is 0 Å². The summed E-state index contributed by atoms with van der Waals surface area (Å²) in [5, 5.41) is 0. The molecule has 0 spiro atoms. The molecule has 0 saturated carbocycles. The third kappa shape index (κ3) is 4.14. The quantitative estimate of drug-likeness (QED) is 0.723. The van der Waals surface area contributed by atoms with Crippen LogP contribution in [-0.2, 0) is 14.8 Å². The van der Waals surface area contributed by atoms with Crippen molar-refractivity contribution in [3.8, 4) is 11.5 Å². The molecule has 2 aliphatic rings. The molecule has 2 aliphatic heterocycles. The molecular formula is C21H25N3O5S. The van der Waals surface area contributed by atoms with Crippen molar-refractivity contribution >= 4 is 21.6 Å². The highest BCUT2D eigenvalue weighted by molar-refractivity contribution is 7.89. The number of nitrogens with one attached hydrogen (secondary N) is 1. The van der Waals surface area contributed by atoms with Gasteiger partial charge < -0.3 is 19.3 Å². The van der Waals surface area contributed by atoms with Crippen molar-refractivity contribution < 1.29 is 22.7 Å². The molecule has 0 radical (unpaired) electrons. The zero-order chi connectivity index (χ0) is 21.3. The summed E-state index contributed by atoms with van der Waals surface area (Å²) in [5.41, 5.74) is 1.65. The molecule has 1 atom stereocenters. The first kappa shape index (κ1) is 20.6. The molecule has 2 aromatic carbocycles. The minimum atomic E-state index is -3.70. The monoisotopic (exact) mass is 431 g/mol. The summed E-state index contributed by atoms with van der Waals surface area (Å²) in [5.74, 6) is 1.42. The van der Waals surface area contributed by atoms with Gasteiger partial charge in [-0.3, -0.25) is 4.79 Å². The van der Waals surface area contributed by atoms with Crippen molar-refractivity contribution in [2.45, 2.75) is 23.8 Å². The molecule has 1 unspecified atom stereocenters.